The molecule has 6 aliphatic rings. The molecule has 6 fully saturated rings. The molecule has 2 atom stereocenters. The van der Waals surface area contributed by atoms with E-state index in [4.69, 9.17) is 4.98 Å². The lowest BCUT2D eigenvalue weighted by molar-refractivity contribution is -0.136. The molecule has 5 aliphatic carbocycles. The van der Waals surface area contributed by atoms with Crippen LogP contribution in [0.3, 0.4) is 0 Å². The van der Waals surface area contributed by atoms with Gasteiger partial charge in [-0.25, -0.2) is 18.4 Å². The third-order valence-corrected chi connectivity index (χ3v) is 10.2. The Bertz CT molecular complexity index is 1010. The van der Waals surface area contributed by atoms with E-state index in [0.717, 1.165) is 50.6 Å². The van der Waals surface area contributed by atoms with Gasteiger partial charge in [-0.05, 0) is 75.5 Å². The van der Waals surface area contributed by atoms with Crippen molar-refractivity contribution in [2.45, 2.75) is 81.4 Å². The fourth-order valence-electron chi connectivity index (χ4n) is 6.97. The number of carbonyl (C=O) groups is 1. The Hall–Kier alpha value is -1.74. The summed E-state index contributed by atoms with van der Waals surface area (Å²) < 4.78 is 23.4. The summed E-state index contributed by atoms with van der Waals surface area (Å²) in [6.07, 6.45) is 9.57. The van der Waals surface area contributed by atoms with Gasteiger partial charge in [-0.3, -0.25) is 4.79 Å². The second kappa shape index (κ2) is 7.38. The lowest BCUT2D eigenvalue weighted by Gasteiger charge is -2.58. The molecule has 2 unspecified atom stereocenters. The molecule has 0 spiro atoms. The van der Waals surface area contributed by atoms with Crippen molar-refractivity contribution in [3.63, 3.8) is 0 Å². The maximum Gasteiger partial charge on any atom is 0.254 e. The minimum Gasteiger partial charge on any atom is -0.390 e. The number of nitrogens with one attached hydrogen (secondary N) is 2. The van der Waals surface area contributed by atoms with E-state index in [1.165, 1.54) is 0 Å². The molecule has 0 radical (unpaired) electrons. The van der Waals surface area contributed by atoms with Crippen LogP contribution in [-0.2, 0) is 9.84 Å². The number of carbonyl (C=O) groups excluding carboxylic acids is 1. The van der Waals surface area contributed by atoms with Crippen molar-refractivity contribution in [3.05, 3.63) is 17.5 Å². The van der Waals surface area contributed by atoms with Crippen LogP contribution in [0.2, 0.25) is 0 Å². The average molecular weight is 461 g/mol. The first-order valence-corrected chi connectivity index (χ1v) is 14.0. The molecule has 5 saturated carbocycles. The van der Waals surface area contributed by atoms with Crippen molar-refractivity contribution < 1.29 is 18.3 Å². The number of sulfone groups is 1. The van der Waals surface area contributed by atoms with Crippen molar-refractivity contribution in [1.82, 2.24) is 15.3 Å². The third-order valence-electron chi connectivity index (χ3n) is 8.45. The minimum absolute atomic E-state index is 0.0455. The number of hydrogen-bond donors (Lipinski definition) is 3. The van der Waals surface area contributed by atoms with Crippen LogP contribution < -0.4 is 10.6 Å². The van der Waals surface area contributed by atoms with Gasteiger partial charge in [0, 0.05) is 24.2 Å². The Morgan fingerprint density at radius 1 is 1.06 bits per heavy atom. The second-order valence-corrected chi connectivity index (χ2v) is 13.3. The van der Waals surface area contributed by atoms with E-state index in [9.17, 15) is 18.3 Å². The Morgan fingerprint density at radius 2 is 1.75 bits per heavy atom. The number of nitrogens with zero attached hydrogens (tertiary/aromatic N) is 2. The lowest BCUT2D eigenvalue weighted by Crippen LogP contribution is -2.61. The number of rotatable bonds is 5. The standard InChI is InChI=1S/C23H32N4O4S/c28-21(26-19-15-7-13-8-16(19)11-23(29,9-13)10-15)18-12-24-22(27-20(18)14-1-2-14)25-17-3-5-32(30,31)6-4-17/h12-17,19,29H,1-11H2,(H,26,28)(H,24,25,27). The molecule has 1 aromatic rings. The van der Waals surface area contributed by atoms with Gasteiger partial charge in [0.05, 0.1) is 28.4 Å². The van der Waals surface area contributed by atoms with Gasteiger partial charge in [0.2, 0.25) is 5.95 Å². The molecule has 1 amide bonds. The first-order chi connectivity index (χ1) is 15.3. The topological polar surface area (TPSA) is 121 Å². The molecule has 174 valence electrons. The van der Waals surface area contributed by atoms with Crippen LogP contribution in [0.15, 0.2) is 6.20 Å². The normalized spacial score (nSPS) is 37.9. The van der Waals surface area contributed by atoms with Crippen molar-refractivity contribution in [2.75, 3.05) is 16.8 Å². The zero-order valence-electron chi connectivity index (χ0n) is 18.3. The molecule has 1 aromatic heterocycles. The van der Waals surface area contributed by atoms with Crippen LogP contribution >= 0.6 is 0 Å². The molecule has 7 rings (SSSR count). The predicted octanol–water partition coefficient (Wildman–Crippen LogP) is 2.01. The second-order valence-electron chi connectivity index (χ2n) is 11.0. The first-order valence-electron chi connectivity index (χ1n) is 12.1. The highest BCUT2D eigenvalue weighted by molar-refractivity contribution is 7.91. The maximum absolute atomic E-state index is 13.3. The van der Waals surface area contributed by atoms with E-state index in [-0.39, 0.29) is 29.5 Å². The van der Waals surface area contributed by atoms with Gasteiger partial charge in [0.1, 0.15) is 9.84 Å². The highest BCUT2D eigenvalue weighted by Gasteiger charge is 2.55. The largest absolute Gasteiger partial charge is 0.390 e. The monoisotopic (exact) mass is 460 g/mol. The molecule has 8 nitrogen and oxygen atoms in total. The fraction of sp³-hybridized carbons (Fsp3) is 0.783. The van der Waals surface area contributed by atoms with Gasteiger partial charge in [0.25, 0.3) is 5.91 Å². The highest BCUT2D eigenvalue weighted by Crippen LogP contribution is 2.55. The van der Waals surface area contributed by atoms with E-state index >= 15 is 0 Å². The summed E-state index contributed by atoms with van der Waals surface area (Å²) in [4.78, 5) is 22.4. The maximum atomic E-state index is 13.3. The van der Waals surface area contributed by atoms with Crippen LogP contribution in [0.1, 0.15) is 79.8 Å². The van der Waals surface area contributed by atoms with E-state index in [0.29, 0.717) is 48.0 Å². The number of hydrogen-bond acceptors (Lipinski definition) is 7. The fourth-order valence-corrected chi connectivity index (χ4v) is 8.46. The molecule has 9 heteroatoms. The van der Waals surface area contributed by atoms with Gasteiger partial charge >= 0.3 is 0 Å². The van der Waals surface area contributed by atoms with Crippen molar-refractivity contribution in [1.29, 1.82) is 0 Å². The van der Waals surface area contributed by atoms with Gasteiger partial charge in [-0.2, -0.15) is 0 Å². The molecule has 0 aromatic carbocycles. The van der Waals surface area contributed by atoms with Crippen LogP contribution in [-0.4, -0.2) is 58.6 Å². The van der Waals surface area contributed by atoms with Crippen LogP contribution in [0.4, 0.5) is 5.95 Å². The molecule has 2 heterocycles. The molecule has 1 aliphatic heterocycles. The van der Waals surface area contributed by atoms with Crippen molar-refractivity contribution in [3.8, 4) is 0 Å². The predicted molar refractivity (Wildman–Crippen MR) is 119 cm³/mol. The quantitative estimate of drug-likeness (QED) is 0.614. The summed E-state index contributed by atoms with van der Waals surface area (Å²) in [6.45, 7) is 0. The zero-order valence-corrected chi connectivity index (χ0v) is 19.1. The number of amides is 1. The van der Waals surface area contributed by atoms with Crippen molar-refractivity contribution in [2.24, 2.45) is 17.8 Å². The number of aromatic nitrogens is 2. The molecule has 4 bridgehead atoms. The average Bonchev–Trinajstić information content (AvgIpc) is 3.56. The first kappa shape index (κ1) is 20.8. The third kappa shape index (κ3) is 3.91. The Labute approximate surface area is 188 Å². The smallest absolute Gasteiger partial charge is 0.254 e. The minimum atomic E-state index is -2.91. The summed E-state index contributed by atoms with van der Waals surface area (Å²) in [7, 11) is -2.91. The molecule has 1 saturated heterocycles. The summed E-state index contributed by atoms with van der Waals surface area (Å²) in [5, 5.41) is 17.4. The number of anilines is 1. The van der Waals surface area contributed by atoms with E-state index in [2.05, 4.69) is 15.6 Å². The van der Waals surface area contributed by atoms with E-state index in [1.54, 1.807) is 6.20 Å². The van der Waals surface area contributed by atoms with Gasteiger partial charge < -0.3 is 15.7 Å². The SMILES string of the molecule is O=C(NC1C2CC3CC1CC(O)(C3)C2)c1cnc(NC2CCS(=O)(=O)CC2)nc1C1CC1. The van der Waals surface area contributed by atoms with E-state index in [1.807, 2.05) is 0 Å². The number of aliphatic hydroxyl groups is 1. The summed E-state index contributed by atoms with van der Waals surface area (Å²) in [5.41, 5.74) is 0.869. The highest BCUT2D eigenvalue weighted by atomic mass is 32.2. The van der Waals surface area contributed by atoms with Crippen LogP contribution in [0, 0.1) is 17.8 Å². The van der Waals surface area contributed by atoms with Gasteiger partial charge in [0.15, 0.2) is 0 Å². The summed E-state index contributed by atoms with van der Waals surface area (Å²) >= 11 is 0. The molecular weight excluding hydrogens is 428 g/mol. The van der Waals surface area contributed by atoms with Crippen LogP contribution in [0.25, 0.3) is 0 Å². The zero-order chi connectivity index (χ0) is 22.1. The molecule has 3 N–H and O–H groups in total. The molecule has 32 heavy (non-hydrogen) atoms. The Balaban J connectivity index is 1.17. The Morgan fingerprint density at radius 3 is 2.38 bits per heavy atom. The van der Waals surface area contributed by atoms with Crippen LogP contribution in [0.5, 0.6) is 0 Å². The molecular formula is C23H32N4O4S. The Kier molecular flexibility index (Phi) is 4.81. The van der Waals surface area contributed by atoms with Gasteiger partial charge in [-0.1, -0.05) is 0 Å². The van der Waals surface area contributed by atoms with Crippen molar-refractivity contribution >= 4 is 21.7 Å². The summed E-state index contributed by atoms with van der Waals surface area (Å²) in [5.74, 6) is 2.42. The van der Waals surface area contributed by atoms with Gasteiger partial charge in [-0.15, -0.1) is 0 Å². The summed E-state index contributed by atoms with van der Waals surface area (Å²) in [6, 6.07) is 0.178. The van der Waals surface area contributed by atoms with E-state index < -0.39 is 15.4 Å². The lowest BCUT2D eigenvalue weighted by atomic mass is 9.52.